The van der Waals surface area contributed by atoms with Crippen molar-refractivity contribution in [2.24, 2.45) is 23.7 Å². The number of benzene rings is 1. The van der Waals surface area contributed by atoms with Crippen LogP contribution < -0.4 is 4.90 Å². The van der Waals surface area contributed by atoms with Gasteiger partial charge < -0.3 is 0 Å². The number of nitrogens with zero attached hydrogens (tertiary/aromatic N) is 3. The number of thiazole rings is 1. The number of fused-ring (bicyclic) bond motifs is 6. The van der Waals surface area contributed by atoms with E-state index in [-0.39, 0.29) is 47.9 Å². The van der Waals surface area contributed by atoms with Crippen LogP contribution in [0.4, 0.5) is 5.13 Å². The molecule has 1 aromatic heterocycles. The Balaban J connectivity index is 1.39. The third-order valence-electron chi connectivity index (χ3n) is 6.65. The second kappa shape index (κ2) is 7.30. The molecule has 1 aromatic carbocycles. The molecule has 0 N–H and O–H groups in total. The average Bonchev–Trinajstić information content (AvgIpc) is 3.48. The lowest BCUT2D eigenvalue weighted by Gasteiger charge is -2.23. The van der Waals surface area contributed by atoms with Crippen LogP contribution in [0.3, 0.4) is 0 Å². The Morgan fingerprint density at radius 1 is 1.20 bits per heavy atom. The van der Waals surface area contributed by atoms with Crippen LogP contribution in [0.1, 0.15) is 31.7 Å². The van der Waals surface area contributed by atoms with Gasteiger partial charge in [-0.3, -0.25) is 24.2 Å². The zero-order valence-corrected chi connectivity index (χ0v) is 18.0. The molecule has 2 heterocycles. The molecule has 2 bridgehead atoms. The maximum Gasteiger partial charge on any atom is 0.248 e. The van der Waals surface area contributed by atoms with Crippen molar-refractivity contribution in [3.05, 3.63) is 35.9 Å². The van der Waals surface area contributed by atoms with Crippen molar-refractivity contribution in [2.75, 3.05) is 18.0 Å². The van der Waals surface area contributed by atoms with E-state index >= 15 is 0 Å². The summed E-state index contributed by atoms with van der Waals surface area (Å²) in [6, 6.07) is 6.04. The number of likely N-dealkylation sites (tertiary alicyclic amines) is 1. The standard InChI is InChI=1S/C23H25N3O3S/c1-3-4-9-25(23-24-16-8-5-13(2)10-17(16)30-23)18(27)12-26-21(28)19-14-6-7-15(11-14)20(19)22(26)29/h5-8,10,14-15,19-20H,3-4,9,11-12H2,1-2H3. The van der Waals surface area contributed by atoms with Crippen LogP contribution in [-0.4, -0.2) is 40.7 Å². The third-order valence-corrected chi connectivity index (χ3v) is 7.70. The molecule has 30 heavy (non-hydrogen) atoms. The summed E-state index contributed by atoms with van der Waals surface area (Å²) in [7, 11) is 0. The van der Waals surface area contributed by atoms with Gasteiger partial charge in [0.25, 0.3) is 0 Å². The molecule has 0 radical (unpaired) electrons. The molecule has 156 valence electrons. The lowest BCUT2D eigenvalue weighted by molar-refractivity contribution is -0.143. The quantitative estimate of drug-likeness (QED) is 0.526. The molecular weight excluding hydrogens is 398 g/mol. The largest absolute Gasteiger partial charge is 0.287 e. The first-order valence-electron chi connectivity index (χ1n) is 10.7. The summed E-state index contributed by atoms with van der Waals surface area (Å²) in [4.78, 5) is 46.7. The van der Waals surface area contributed by atoms with Crippen LogP contribution in [0, 0.1) is 30.6 Å². The highest BCUT2D eigenvalue weighted by Crippen LogP contribution is 2.52. The fourth-order valence-electron chi connectivity index (χ4n) is 5.12. The van der Waals surface area contributed by atoms with Crippen molar-refractivity contribution in [2.45, 2.75) is 33.1 Å². The van der Waals surface area contributed by atoms with Crippen molar-refractivity contribution >= 4 is 44.4 Å². The number of aryl methyl sites for hydroxylation is 1. The number of hydrogen-bond acceptors (Lipinski definition) is 5. The van der Waals surface area contributed by atoms with Crippen LogP contribution in [0.2, 0.25) is 0 Å². The SMILES string of the molecule is CCCCN(C(=O)CN1C(=O)C2C3C=CC(C3)C2C1=O)c1nc2ccc(C)cc2s1. The van der Waals surface area contributed by atoms with E-state index < -0.39 is 0 Å². The van der Waals surface area contributed by atoms with E-state index in [4.69, 9.17) is 0 Å². The lowest BCUT2D eigenvalue weighted by Crippen LogP contribution is -2.44. The van der Waals surface area contributed by atoms with Crippen molar-refractivity contribution in [3.8, 4) is 0 Å². The minimum absolute atomic E-state index is 0.153. The second-order valence-electron chi connectivity index (χ2n) is 8.63. The van der Waals surface area contributed by atoms with Gasteiger partial charge in [0.1, 0.15) is 6.54 Å². The predicted molar refractivity (Wildman–Crippen MR) is 116 cm³/mol. The third kappa shape index (κ3) is 2.98. The fourth-order valence-corrected chi connectivity index (χ4v) is 6.23. The Morgan fingerprint density at radius 3 is 2.57 bits per heavy atom. The van der Waals surface area contributed by atoms with Gasteiger partial charge in [0.15, 0.2) is 5.13 Å². The molecule has 3 amide bonds. The minimum atomic E-state index is -0.269. The topological polar surface area (TPSA) is 70.6 Å². The fraction of sp³-hybridized carbons (Fsp3) is 0.478. The van der Waals surface area contributed by atoms with Crippen molar-refractivity contribution in [1.82, 2.24) is 9.88 Å². The summed E-state index contributed by atoms with van der Waals surface area (Å²) in [5.41, 5.74) is 2.01. The maximum atomic E-state index is 13.3. The van der Waals surface area contributed by atoms with Gasteiger partial charge >= 0.3 is 0 Å². The number of hydrogen-bond donors (Lipinski definition) is 0. The van der Waals surface area contributed by atoms with Gasteiger partial charge in [0.2, 0.25) is 17.7 Å². The first-order valence-corrected chi connectivity index (χ1v) is 11.5. The Bertz CT molecular complexity index is 1040. The molecule has 7 heteroatoms. The van der Waals surface area contributed by atoms with Crippen molar-refractivity contribution < 1.29 is 14.4 Å². The molecule has 1 saturated heterocycles. The van der Waals surface area contributed by atoms with Gasteiger partial charge in [0.05, 0.1) is 22.1 Å². The van der Waals surface area contributed by atoms with E-state index in [0.29, 0.717) is 11.7 Å². The van der Waals surface area contributed by atoms with Crippen LogP contribution in [0.15, 0.2) is 30.4 Å². The monoisotopic (exact) mass is 423 g/mol. The van der Waals surface area contributed by atoms with E-state index in [2.05, 4.69) is 30.1 Å². The summed E-state index contributed by atoms with van der Waals surface area (Å²) >= 11 is 1.48. The maximum absolute atomic E-state index is 13.3. The lowest BCUT2D eigenvalue weighted by atomic mass is 9.85. The Morgan fingerprint density at radius 2 is 1.90 bits per heavy atom. The number of rotatable bonds is 6. The smallest absolute Gasteiger partial charge is 0.248 e. The normalized spacial score (nSPS) is 26.8. The van der Waals surface area contributed by atoms with E-state index in [0.717, 1.165) is 35.0 Å². The average molecular weight is 424 g/mol. The summed E-state index contributed by atoms with van der Waals surface area (Å²) < 4.78 is 1.03. The zero-order valence-electron chi connectivity index (χ0n) is 17.2. The number of anilines is 1. The highest BCUT2D eigenvalue weighted by atomic mass is 32.1. The van der Waals surface area contributed by atoms with Crippen LogP contribution in [0.25, 0.3) is 10.2 Å². The molecule has 1 saturated carbocycles. The second-order valence-corrected chi connectivity index (χ2v) is 9.64. The predicted octanol–water partition coefficient (Wildman–Crippen LogP) is 3.54. The highest BCUT2D eigenvalue weighted by Gasteiger charge is 2.59. The van der Waals surface area contributed by atoms with Gasteiger partial charge in [0, 0.05) is 6.54 Å². The Hall–Kier alpha value is -2.54. The van der Waals surface area contributed by atoms with E-state index in [1.165, 1.54) is 16.2 Å². The Kier molecular flexibility index (Phi) is 4.73. The first kappa shape index (κ1) is 19.4. The van der Waals surface area contributed by atoms with Crippen LogP contribution in [-0.2, 0) is 14.4 Å². The van der Waals surface area contributed by atoms with E-state index in [1.807, 2.05) is 19.1 Å². The number of amides is 3. The van der Waals surface area contributed by atoms with Gasteiger partial charge in [-0.1, -0.05) is 42.9 Å². The zero-order chi connectivity index (χ0) is 21.0. The molecular formula is C23H25N3O3S. The number of unbranched alkanes of at least 4 members (excludes halogenated alkanes) is 1. The van der Waals surface area contributed by atoms with Crippen LogP contribution in [0.5, 0.6) is 0 Å². The molecule has 2 aromatic rings. The van der Waals surface area contributed by atoms with Crippen molar-refractivity contribution in [3.63, 3.8) is 0 Å². The number of allylic oxidation sites excluding steroid dienone is 2. The van der Waals surface area contributed by atoms with Crippen molar-refractivity contribution in [1.29, 1.82) is 0 Å². The van der Waals surface area contributed by atoms with E-state index in [1.54, 1.807) is 4.90 Å². The highest BCUT2D eigenvalue weighted by molar-refractivity contribution is 7.22. The summed E-state index contributed by atoms with van der Waals surface area (Å²) in [5, 5.41) is 0.634. The molecule has 3 aliphatic rings. The molecule has 2 aliphatic carbocycles. The minimum Gasteiger partial charge on any atom is -0.287 e. The molecule has 2 fully saturated rings. The van der Waals surface area contributed by atoms with Gasteiger partial charge in [-0.2, -0.15) is 0 Å². The van der Waals surface area contributed by atoms with E-state index in [9.17, 15) is 14.4 Å². The number of aromatic nitrogens is 1. The summed E-state index contributed by atoms with van der Waals surface area (Å²) in [6.45, 7) is 4.44. The van der Waals surface area contributed by atoms with Gasteiger partial charge in [-0.15, -0.1) is 0 Å². The molecule has 6 nitrogen and oxygen atoms in total. The number of carbonyl (C=O) groups excluding carboxylic acids is 3. The number of carbonyl (C=O) groups is 3. The first-order chi connectivity index (χ1) is 14.5. The van der Waals surface area contributed by atoms with Gasteiger partial charge in [-0.25, -0.2) is 4.98 Å². The molecule has 1 aliphatic heterocycles. The summed E-state index contributed by atoms with van der Waals surface area (Å²) in [5.74, 6) is -0.817. The molecule has 4 unspecified atom stereocenters. The Labute approximate surface area is 179 Å². The molecule has 4 atom stereocenters. The van der Waals surface area contributed by atoms with Gasteiger partial charge in [-0.05, 0) is 49.3 Å². The number of imide groups is 1. The molecule has 5 rings (SSSR count). The van der Waals surface area contributed by atoms with Crippen LogP contribution >= 0.6 is 11.3 Å². The summed E-state index contributed by atoms with van der Waals surface area (Å²) in [6.07, 6.45) is 6.80. The molecule has 0 spiro atoms.